The average molecular weight is 316 g/mol. The number of ether oxygens (including phenoxy) is 1. The lowest BCUT2D eigenvalue weighted by Crippen LogP contribution is -2.20. The molecule has 0 aliphatic carbocycles. The van der Waals surface area contributed by atoms with Gasteiger partial charge in [0.25, 0.3) is 0 Å². The Labute approximate surface area is 125 Å². The second kappa shape index (κ2) is 5.95. The molecule has 0 amide bonds. The molecule has 0 saturated heterocycles. The monoisotopic (exact) mass is 315 g/mol. The van der Waals surface area contributed by atoms with Gasteiger partial charge in [-0.2, -0.15) is 0 Å². The molecule has 0 aliphatic rings. The Hall–Kier alpha value is -1.72. The van der Waals surface area contributed by atoms with Gasteiger partial charge in [0, 0.05) is 10.6 Å². The summed E-state index contributed by atoms with van der Waals surface area (Å²) in [5.74, 6) is -0.301. The Balaban J connectivity index is 2.38. The molecular weight excluding hydrogens is 303 g/mol. The van der Waals surface area contributed by atoms with E-state index in [9.17, 15) is 13.2 Å². The summed E-state index contributed by atoms with van der Waals surface area (Å²) < 4.78 is 41.3. The molecule has 21 heavy (non-hydrogen) atoms. The van der Waals surface area contributed by atoms with Gasteiger partial charge in [-0.05, 0) is 30.2 Å². The Bertz CT molecular complexity index is 643. The molecule has 2 aromatic carbocycles. The standard InChI is InChI=1S/C15H13ClF3NO/c1-9-8-10(6-7-12(9)16)14(20)11-4-2-3-5-13(11)21-15(17,18)19/h2-8,14H,20H2,1H3. The number of halogens is 4. The number of para-hydroxylation sites is 1. The smallest absolute Gasteiger partial charge is 0.405 e. The van der Waals surface area contributed by atoms with Crippen LogP contribution in [0.15, 0.2) is 42.5 Å². The minimum absolute atomic E-state index is 0.261. The van der Waals surface area contributed by atoms with Gasteiger partial charge in [0.15, 0.2) is 0 Å². The summed E-state index contributed by atoms with van der Waals surface area (Å²) in [7, 11) is 0. The molecule has 2 N–H and O–H groups in total. The van der Waals surface area contributed by atoms with Crippen molar-refractivity contribution < 1.29 is 17.9 Å². The second-order valence-electron chi connectivity index (χ2n) is 4.57. The van der Waals surface area contributed by atoms with Crippen molar-refractivity contribution in [1.29, 1.82) is 0 Å². The maximum Gasteiger partial charge on any atom is 0.573 e. The van der Waals surface area contributed by atoms with E-state index in [-0.39, 0.29) is 11.3 Å². The van der Waals surface area contributed by atoms with Crippen molar-refractivity contribution in [3.8, 4) is 5.75 Å². The first-order chi connectivity index (χ1) is 9.78. The van der Waals surface area contributed by atoms with Crippen molar-refractivity contribution in [1.82, 2.24) is 0 Å². The van der Waals surface area contributed by atoms with Gasteiger partial charge in [0.05, 0.1) is 6.04 Å². The zero-order valence-electron chi connectivity index (χ0n) is 11.1. The van der Waals surface area contributed by atoms with Crippen molar-refractivity contribution in [3.63, 3.8) is 0 Å². The first-order valence-corrected chi connectivity index (χ1v) is 6.52. The fourth-order valence-electron chi connectivity index (χ4n) is 2.00. The van der Waals surface area contributed by atoms with Gasteiger partial charge in [-0.3, -0.25) is 0 Å². The number of rotatable bonds is 3. The van der Waals surface area contributed by atoms with Crippen LogP contribution in [0.25, 0.3) is 0 Å². The fourth-order valence-corrected chi connectivity index (χ4v) is 2.11. The van der Waals surface area contributed by atoms with E-state index in [1.807, 2.05) is 0 Å². The molecule has 0 aromatic heterocycles. The van der Waals surface area contributed by atoms with E-state index in [0.29, 0.717) is 10.6 Å². The normalized spacial score (nSPS) is 13.0. The Morgan fingerprint density at radius 3 is 2.43 bits per heavy atom. The third-order valence-electron chi connectivity index (χ3n) is 3.02. The number of alkyl halides is 3. The molecular formula is C15H13ClF3NO. The van der Waals surface area contributed by atoms with Gasteiger partial charge in [-0.25, -0.2) is 0 Å². The lowest BCUT2D eigenvalue weighted by molar-refractivity contribution is -0.274. The number of benzene rings is 2. The largest absolute Gasteiger partial charge is 0.573 e. The van der Waals surface area contributed by atoms with Gasteiger partial charge in [-0.1, -0.05) is 41.9 Å². The van der Waals surface area contributed by atoms with E-state index in [0.717, 1.165) is 5.56 Å². The van der Waals surface area contributed by atoms with Crippen LogP contribution >= 0.6 is 11.6 Å². The van der Waals surface area contributed by atoms with Gasteiger partial charge in [-0.15, -0.1) is 13.2 Å². The van der Waals surface area contributed by atoms with Crippen LogP contribution in [-0.2, 0) is 0 Å². The minimum Gasteiger partial charge on any atom is -0.405 e. The van der Waals surface area contributed by atoms with Gasteiger partial charge < -0.3 is 10.5 Å². The van der Waals surface area contributed by atoms with E-state index in [1.54, 1.807) is 31.2 Å². The van der Waals surface area contributed by atoms with Crippen LogP contribution in [0.4, 0.5) is 13.2 Å². The van der Waals surface area contributed by atoms with Crippen molar-refractivity contribution >= 4 is 11.6 Å². The summed E-state index contributed by atoms with van der Waals surface area (Å²) in [5.41, 5.74) is 7.79. The summed E-state index contributed by atoms with van der Waals surface area (Å²) in [6.07, 6.45) is -4.76. The third-order valence-corrected chi connectivity index (χ3v) is 3.44. The molecule has 112 valence electrons. The molecule has 1 atom stereocenters. The van der Waals surface area contributed by atoms with Crippen LogP contribution in [0.2, 0.25) is 5.02 Å². The minimum atomic E-state index is -4.76. The highest BCUT2D eigenvalue weighted by Gasteiger charge is 2.32. The van der Waals surface area contributed by atoms with Crippen molar-refractivity contribution in [2.45, 2.75) is 19.3 Å². The molecule has 0 saturated carbocycles. The van der Waals surface area contributed by atoms with Gasteiger partial charge >= 0.3 is 6.36 Å². The topological polar surface area (TPSA) is 35.2 Å². The fraction of sp³-hybridized carbons (Fsp3) is 0.200. The summed E-state index contributed by atoms with van der Waals surface area (Å²) in [5, 5.41) is 0.575. The molecule has 1 unspecified atom stereocenters. The predicted octanol–water partition coefficient (Wildman–Crippen LogP) is 4.60. The summed E-state index contributed by atoms with van der Waals surface area (Å²) in [6.45, 7) is 1.80. The number of hydrogen-bond donors (Lipinski definition) is 1. The van der Waals surface area contributed by atoms with Crippen molar-refractivity contribution in [2.24, 2.45) is 5.73 Å². The third kappa shape index (κ3) is 3.89. The molecule has 2 aromatic rings. The van der Waals surface area contributed by atoms with Crippen molar-refractivity contribution in [3.05, 3.63) is 64.2 Å². The van der Waals surface area contributed by atoms with E-state index in [4.69, 9.17) is 17.3 Å². The number of hydrogen-bond acceptors (Lipinski definition) is 2. The van der Waals surface area contributed by atoms with Crippen LogP contribution in [0.1, 0.15) is 22.7 Å². The maximum atomic E-state index is 12.4. The van der Waals surface area contributed by atoms with Crippen LogP contribution in [-0.4, -0.2) is 6.36 Å². The van der Waals surface area contributed by atoms with E-state index < -0.39 is 12.4 Å². The second-order valence-corrected chi connectivity index (χ2v) is 4.98. The van der Waals surface area contributed by atoms with Crippen LogP contribution < -0.4 is 10.5 Å². The Morgan fingerprint density at radius 1 is 1.14 bits per heavy atom. The molecule has 0 aliphatic heterocycles. The van der Waals surface area contributed by atoms with Crippen LogP contribution in [0.3, 0.4) is 0 Å². The lowest BCUT2D eigenvalue weighted by Gasteiger charge is -2.18. The quantitative estimate of drug-likeness (QED) is 0.898. The maximum absolute atomic E-state index is 12.4. The van der Waals surface area contributed by atoms with E-state index >= 15 is 0 Å². The molecule has 0 fully saturated rings. The lowest BCUT2D eigenvalue weighted by atomic mass is 9.97. The molecule has 2 nitrogen and oxygen atoms in total. The Morgan fingerprint density at radius 2 is 1.81 bits per heavy atom. The highest BCUT2D eigenvalue weighted by molar-refractivity contribution is 6.31. The first-order valence-electron chi connectivity index (χ1n) is 6.14. The molecule has 6 heteroatoms. The van der Waals surface area contributed by atoms with Crippen LogP contribution in [0, 0.1) is 6.92 Å². The SMILES string of the molecule is Cc1cc(C(N)c2ccccc2OC(F)(F)F)ccc1Cl. The zero-order valence-corrected chi connectivity index (χ0v) is 11.9. The van der Waals surface area contributed by atoms with Gasteiger partial charge in [0.1, 0.15) is 5.75 Å². The highest BCUT2D eigenvalue weighted by Crippen LogP contribution is 2.33. The summed E-state index contributed by atoms with van der Waals surface area (Å²) >= 11 is 5.94. The number of nitrogens with two attached hydrogens (primary N) is 1. The summed E-state index contributed by atoms with van der Waals surface area (Å²) in [4.78, 5) is 0. The molecule has 2 rings (SSSR count). The molecule has 0 radical (unpaired) electrons. The van der Waals surface area contributed by atoms with Crippen LogP contribution in [0.5, 0.6) is 5.75 Å². The summed E-state index contributed by atoms with van der Waals surface area (Å²) in [6, 6.07) is 10.2. The predicted molar refractivity (Wildman–Crippen MR) is 75.3 cm³/mol. The Kier molecular flexibility index (Phi) is 4.44. The zero-order chi connectivity index (χ0) is 15.6. The van der Waals surface area contributed by atoms with Gasteiger partial charge in [0.2, 0.25) is 0 Å². The first kappa shape index (κ1) is 15.7. The molecule has 0 spiro atoms. The number of aryl methyl sites for hydroxylation is 1. The van der Waals surface area contributed by atoms with E-state index in [2.05, 4.69) is 4.74 Å². The highest BCUT2D eigenvalue weighted by atomic mass is 35.5. The molecule has 0 bridgehead atoms. The average Bonchev–Trinajstić information content (AvgIpc) is 2.40. The van der Waals surface area contributed by atoms with Crippen molar-refractivity contribution in [2.75, 3.05) is 0 Å². The van der Waals surface area contributed by atoms with E-state index in [1.165, 1.54) is 18.2 Å². The molecule has 0 heterocycles.